The zero-order chi connectivity index (χ0) is 46.6. The number of piperazine rings is 1. The summed E-state index contributed by atoms with van der Waals surface area (Å²) >= 11 is 0. The molecule has 1 aliphatic rings. The molecule has 1 saturated heterocycles. The number of halogens is 4. The van der Waals surface area contributed by atoms with Gasteiger partial charge in [-0.05, 0) is 89.5 Å². The molecule has 1 N–H and O–H groups in total. The lowest BCUT2D eigenvalue weighted by Crippen LogP contribution is -2.48. The maximum Gasteiger partial charge on any atom is 0.350 e. The van der Waals surface area contributed by atoms with Crippen LogP contribution in [0.5, 0.6) is 0 Å². The van der Waals surface area contributed by atoms with Crippen LogP contribution in [0.3, 0.4) is 0 Å². The number of alkyl halides is 2. The van der Waals surface area contributed by atoms with Crippen molar-refractivity contribution in [3.05, 3.63) is 167 Å². The van der Waals surface area contributed by atoms with E-state index in [1.165, 1.54) is 34.5 Å². The maximum absolute atomic E-state index is 16.3. The van der Waals surface area contributed by atoms with Crippen LogP contribution in [0, 0.1) is 11.6 Å². The molecule has 0 radical (unpaired) electrons. The first-order valence-corrected chi connectivity index (χ1v) is 23.2. The zero-order valence-electron chi connectivity index (χ0n) is 36.2. The van der Waals surface area contributed by atoms with E-state index in [-0.39, 0.29) is 12.3 Å². The first kappa shape index (κ1) is 46.0. The smallest absolute Gasteiger partial charge is 0.350 e. The monoisotopic (exact) mass is 926 g/mol. The number of tetrazole rings is 1. The molecule has 0 spiro atoms. The minimum absolute atomic E-state index is 0.136. The van der Waals surface area contributed by atoms with E-state index in [0.717, 1.165) is 72.3 Å². The molecular formula is C46H47F4N10O5P. The Balaban J connectivity index is 0.874. The van der Waals surface area contributed by atoms with Crippen molar-refractivity contribution in [3.63, 3.8) is 0 Å². The second-order valence-electron chi connectivity index (χ2n) is 16.1. The van der Waals surface area contributed by atoms with Gasteiger partial charge in [-0.2, -0.15) is 13.9 Å². The van der Waals surface area contributed by atoms with E-state index in [2.05, 4.69) is 35.4 Å². The van der Waals surface area contributed by atoms with Gasteiger partial charge in [0.2, 0.25) is 0 Å². The van der Waals surface area contributed by atoms with Crippen molar-refractivity contribution < 1.29 is 36.3 Å². The highest BCUT2D eigenvalue weighted by Crippen LogP contribution is 2.48. The Morgan fingerprint density at radius 2 is 1.47 bits per heavy atom. The number of aliphatic hydroxyl groups is 1. The second-order valence-corrected chi connectivity index (χ2v) is 18.1. The predicted molar refractivity (Wildman–Crippen MR) is 239 cm³/mol. The van der Waals surface area contributed by atoms with Crippen molar-refractivity contribution in [1.29, 1.82) is 0 Å². The van der Waals surface area contributed by atoms with Crippen LogP contribution < -0.4 is 15.5 Å². The van der Waals surface area contributed by atoms with Crippen LogP contribution in [0.1, 0.15) is 43.1 Å². The standard InChI is InChI=1S/C46H47F4N10O5P/c1-4-42(32(2)65-66(3,63)64-28-33-8-6-5-7-9-33)60-44(61)59(31-53-60)39-18-16-38(17-19-39)57-24-22-56(23-25-57)37-14-10-34(11-15-37)35-12-21-43(51-27-35)46(49,50)45(62,29-58-30-52-54-55-58)40-20-13-36(47)26-41(40)48/h5-21,26-27,30-32,42,62H,4,22-25,28-29H2,1-3H3/t32-,42-,45-,66?/m0/s1. The molecule has 0 saturated carbocycles. The molecule has 15 nitrogen and oxygen atoms in total. The predicted octanol–water partition coefficient (Wildman–Crippen LogP) is 7.76. The first-order valence-electron chi connectivity index (χ1n) is 21.2. The van der Waals surface area contributed by atoms with Gasteiger partial charge in [0.05, 0.1) is 31.0 Å². The topological polar surface area (TPSA) is 159 Å². The number of hydrogen-bond acceptors (Lipinski definition) is 12. The van der Waals surface area contributed by atoms with Crippen molar-refractivity contribution in [2.45, 2.75) is 57.1 Å². The lowest BCUT2D eigenvalue weighted by Gasteiger charge is -2.37. The first-order chi connectivity index (χ1) is 31.7. The molecule has 0 bridgehead atoms. The van der Waals surface area contributed by atoms with Gasteiger partial charge in [-0.15, -0.1) is 5.10 Å². The Kier molecular flexibility index (Phi) is 13.3. The third-order valence-corrected chi connectivity index (χ3v) is 13.0. The van der Waals surface area contributed by atoms with Crippen molar-refractivity contribution in [1.82, 2.24) is 39.5 Å². The van der Waals surface area contributed by atoms with Gasteiger partial charge < -0.3 is 24.0 Å². The number of hydrogen-bond donors (Lipinski definition) is 1. The van der Waals surface area contributed by atoms with Crippen LogP contribution in [-0.4, -0.2) is 83.6 Å². The van der Waals surface area contributed by atoms with Crippen LogP contribution in [0.15, 0.2) is 133 Å². The van der Waals surface area contributed by atoms with Gasteiger partial charge in [-0.1, -0.05) is 55.5 Å². The third-order valence-electron chi connectivity index (χ3n) is 11.7. The minimum atomic E-state index is -4.17. The fraction of sp³-hybridized carbons (Fsp3) is 0.304. The van der Waals surface area contributed by atoms with Gasteiger partial charge in [-0.3, -0.25) is 9.55 Å². The molecule has 20 heteroatoms. The summed E-state index contributed by atoms with van der Waals surface area (Å²) in [6.45, 7) is 7.19. The maximum atomic E-state index is 16.3. The van der Waals surface area contributed by atoms with E-state index < -0.39 is 60.7 Å². The number of aromatic nitrogens is 8. The summed E-state index contributed by atoms with van der Waals surface area (Å²) in [7, 11) is -3.45. The fourth-order valence-corrected chi connectivity index (χ4v) is 9.32. The molecule has 4 aromatic carbocycles. The number of anilines is 2. The molecule has 4 heterocycles. The van der Waals surface area contributed by atoms with Crippen LogP contribution in [-0.2, 0) is 38.3 Å². The quantitative estimate of drug-likeness (QED) is 0.0700. The highest BCUT2D eigenvalue weighted by Gasteiger charge is 2.58. The Morgan fingerprint density at radius 3 is 2.06 bits per heavy atom. The van der Waals surface area contributed by atoms with E-state index in [0.29, 0.717) is 29.3 Å². The van der Waals surface area contributed by atoms with Crippen molar-refractivity contribution in [2.24, 2.45) is 0 Å². The highest BCUT2D eigenvalue weighted by molar-refractivity contribution is 7.52. The van der Waals surface area contributed by atoms with Crippen molar-refractivity contribution >= 4 is 19.0 Å². The number of pyridine rings is 1. The van der Waals surface area contributed by atoms with E-state index in [1.807, 2.05) is 85.8 Å². The van der Waals surface area contributed by atoms with E-state index in [1.54, 1.807) is 6.92 Å². The lowest BCUT2D eigenvalue weighted by atomic mass is 9.84. The average Bonchev–Trinajstić information content (AvgIpc) is 3.98. The Bertz CT molecular complexity index is 2830. The third kappa shape index (κ3) is 9.70. The summed E-state index contributed by atoms with van der Waals surface area (Å²) in [5.41, 5.74) is -0.553. The Morgan fingerprint density at radius 1 is 0.833 bits per heavy atom. The molecule has 66 heavy (non-hydrogen) atoms. The summed E-state index contributed by atoms with van der Waals surface area (Å²) < 4.78 is 89.6. The highest BCUT2D eigenvalue weighted by atomic mass is 31.2. The Hall–Kier alpha value is -6.53. The molecular weight excluding hydrogens is 880 g/mol. The molecule has 1 fully saturated rings. The molecule has 344 valence electrons. The average molecular weight is 927 g/mol. The minimum Gasteiger partial charge on any atom is -0.377 e. The summed E-state index contributed by atoms with van der Waals surface area (Å²) in [5, 5.41) is 26.2. The van der Waals surface area contributed by atoms with Gasteiger partial charge in [-0.25, -0.2) is 27.5 Å². The zero-order valence-corrected chi connectivity index (χ0v) is 37.1. The van der Waals surface area contributed by atoms with Crippen LogP contribution in [0.2, 0.25) is 0 Å². The van der Waals surface area contributed by atoms with E-state index >= 15 is 8.78 Å². The van der Waals surface area contributed by atoms with Gasteiger partial charge in [0.25, 0.3) is 0 Å². The van der Waals surface area contributed by atoms with Gasteiger partial charge in [0.1, 0.15) is 30.0 Å². The van der Waals surface area contributed by atoms with Gasteiger partial charge >= 0.3 is 19.2 Å². The molecule has 1 aliphatic heterocycles. The number of benzene rings is 4. The second kappa shape index (κ2) is 19.1. The summed E-state index contributed by atoms with van der Waals surface area (Å²) in [5.74, 6) is -6.54. The molecule has 0 amide bonds. The van der Waals surface area contributed by atoms with Gasteiger partial charge in [0.15, 0.2) is 5.60 Å². The summed E-state index contributed by atoms with van der Waals surface area (Å²) in [6.07, 6.45) is 3.59. The van der Waals surface area contributed by atoms with Crippen molar-refractivity contribution in [2.75, 3.05) is 42.6 Å². The molecule has 8 rings (SSSR count). The Labute approximate surface area is 377 Å². The summed E-state index contributed by atoms with van der Waals surface area (Å²) in [6, 6.07) is 28.7. The largest absolute Gasteiger partial charge is 0.377 e. The van der Waals surface area contributed by atoms with Crippen LogP contribution >= 0.6 is 7.60 Å². The normalized spacial score (nSPS) is 16.1. The number of rotatable bonds is 17. The SMILES string of the molecule is CC[C@@H]([C@H](C)OP(C)(=O)OCc1ccccc1)n1ncn(-c2ccc(N3CCN(c4ccc(-c5ccc(C(F)(F)[C@](O)(Cn6cnnn6)c6ccc(F)cc6F)nc5)cc4)CC3)cc2)c1=O. The van der Waals surface area contributed by atoms with Crippen LogP contribution in [0.4, 0.5) is 28.9 Å². The van der Waals surface area contributed by atoms with Crippen LogP contribution in [0.25, 0.3) is 16.8 Å². The molecule has 7 aromatic rings. The lowest BCUT2D eigenvalue weighted by molar-refractivity contribution is -0.207. The van der Waals surface area contributed by atoms with E-state index in [4.69, 9.17) is 9.05 Å². The molecule has 4 atom stereocenters. The number of nitrogens with zero attached hydrogens (tertiary/aromatic N) is 10. The molecule has 3 aromatic heterocycles. The summed E-state index contributed by atoms with van der Waals surface area (Å²) in [4.78, 5) is 22.1. The molecule has 0 aliphatic carbocycles. The fourth-order valence-electron chi connectivity index (χ4n) is 8.13. The van der Waals surface area contributed by atoms with Gasteiger partial charge in [0, 0.05) is 67.6 Å². The van der Waals surface area contributed by atoms with E-state index in [9.17, 15) is 23.2 Å². The van der Waals surface area contributed by atoms with Crippen molar-refractivity contribution in [3.8, 4) is 16.8 Å². The molecule has 1 unspecified atom stereocenters.